The van der Waals surface area contributed by atoms with Gasteiger partial charge in [-0.15, -0.1) is 0 Å². The van der Waals surface area contributed by atoms with Gasteiger partial charge in [0.25, 0.3) is 0 Å². The molecule has 20 heavy (non-hydrogen) atoms. The number of halogens is 1. The van der Waals surface area contributed by atoms with E-state index in [4.69, 9.17) is 14.2 Å². The lowest BCUT2D eigenvalue weighted by atomic mass is 10.3. The van der Waals surface area contributed by atoms with Crippen molar-refractivity contribution >= 4 is 34.3 Å². The molecule has 0 saturated carbocycles. The molecule has 0 atom stereocenters. The van der Waals surface area contributed by atoms with E-state index in [2.05, 4.69) is 26.4 Å². The van der Waals surface area contributed by atoms with Gasteiger partial charge in [-0.3, -0.25) is 4.79 Å². The van der Waals surface area contributed by atoms with E-state index >= 15 is 0 Å². The second kappa shape index (κ2) is 10.9. The molecule has 0 fully saturated rings. The maximum absolute atomic E-state index is 10.6. The highest BCUT2D eigenvalue weighted by atomic mass is 127. The molecule has 0 aliphatic heterocycles. The molecule has 0 unspecified atom stereocenters. The molecule has 0 aromatic heterocycles. The normalized spacial score (nSPS) is 10.3. The predicted molar refractivity (Wildman–Crippen MR) is 86.5 cm³/mol. The smallest absolute Gasteiger partial charge is 0.155 e. The van der Waals surface area contributed by atoms with Crippen molar-refractivity contribution in [1.82, 2.24) is 0 Å². The highest BCUT2D eigenvalue weighted by Crippen LogP contribution is 2.18. The fourth-order valence-electron chi connectivity index (χ4n) is 1.44. The fraction of sp³-hybridized carbons (Fsp3) is 0.500. The average Bonchev–Trinajstić information content (AvgIpc) is 2.45. The Hall–Kier alpha value is -0.860. The van der Waals surface area contributed by atoms with Crippen molar-refractivity contribution in [2.45, 2.75) is 13.3 Å². The number of nitrogens with one attached hydrogen (secondary N) is 1. The van der Waals surface area contributed by atoms with E-state index in [9.17, 15) is 4.79 Å². The lowest BCUT2D eigenvalue weighted by Gasteiger charge is -2.08. The summed E-state index contributed by atoms with van der Waals surface area (Å²) in [5, 5.41) is 0. The summed E-state index contributed by atoms with van der Waals surface area (Å²) >= 11 is 2.08. The summed E-state index contributed by atoms with van der Waals surface area (Å²) in [5.41, 5.74) is 1.01. The summed E-state index contributed by atoms with van der Waals surface area (Å²) in [4.78, 5) is 10.6. The number of benzene rings is 1. The van der Waals surface area contributed by atoms with Gasteiger partial charge in [-0.2, -0.15) is 0 Å². The van der Waals surface area contributed by atoms with Crippen molar-refractivity contribution in [2.75, 3.05) is 36.6 Å². The van der Waals surface area contributed by atoms with Gasteiger partial charge in [0.1, 0.15) is 19.0 Å². The molecule has 0 saturated heterocycles. The minimum Gasteiger partial charge on any atom is -0.491 e. The zero-order chi connectivity index (χ0) is 14.6. The second-order valence-electron chi connectivity index (χ2n) is 4.19. The van der Waals surface area contributed by atoms with Crippen LogP contribution in [-0.4, -0.2) is 38.8 Å². The number of carbonyl (C=O) groups excluding carboxylic acids is 1. The summed E-state index contributed by atoms with van der Waals surface area (Å²) in [5.74, 6) is 0.864. The van der Waals surface area contributed by atoms with Crippen molar-refractivity contribution < 1.29 is 19.0 Å². The third-order valence-electron chi connectivity index (χ3n) is 2.32. The highest BCUT2D eigenvalue weighted by molar-refractivity contribution is 14.1. The van der Waals surface area contributed by atoms with Crippen LogP contribution in [-0.2, 0) is 14.3 Å². The molecule has 1 aromatic carbocycles. The Morgan fingerprint density at radius 1 is 1.20 bits per heavy atom. The number of hydrogen-bond donors (Lipinski definition) is 1. The minimum atomic E-state index is 0.0440. The van der Waals surface area contributed by atoms with Crippen LogP contribution in [0.3, 0.4) is 0 Å². The van der Waals surface area contributed by atoms with Crippen LogP contribution < -0.4 is 8.27 Å². The quantitative estimate of drug-likeness (QED) is 0.356. The molecule has 0 spiro atoms. The largest absolute Gasteiger partial charge is 0.491 e. The Labute approximate surface area is 133 Å². The van der Waals surface area contributed by atoms with Gasteiger partial charge in [-0.1, -0.05) is 6.07 Å². The topological polar surface area (TPSA) is 56.8 Å². The van der Waals surface area contributed by atoms with Crippen LogP contribution >= 0.6 is 22.9 Å². The van der Waals surface area contributed by atoms with Gasteiger partial charge >= 0.3 is 0 Å². The number of Topliss-reactive ketones (excluding diaryl/α,β-unsaturated/α-hetero) is 1. The van der Waals surface area contributed by atoms with Gasteiger partial charge in [0.2, 0.25) is 0 Å². The molecule has 0 aliphatic rings. The number of rotatable bonds is 11. The first-order chi connectivity index (χ1) is 9.72. The van der Waals surface area contributed by atoms with Crippen LogP contribution in [0.4, 0.5) is 5.69 Å². The van der Waals surface area contributed by atoms with E-state index in [0.717, 1.165) is 17.9 Å². The second-order valence-corrected chi connectivity index (χ2v) is 4.73. The van der Waals surface area contributed by atoms with Gasteiger partial charge in [0, 0.05) is 25.0 Å². The van der Waals surface area contributed by atoms with Crippen LogP contribution in [0.15, 0.2) is 24.3 Å². The molecule has 1 rings (SSSR count). The Morgan fingerprint density at radius 3 is 2.75 bits per heavy atom. The lowest BCUT2D eigenvalue weighted by Crippen LogP contribution is -2.10. The zero-order valence-electron chi connectivity index (χ0n) is 11.6. The van der Waals surface area contributed by atoms with Gasteiger partial charge < -0.3 is 17.7 Å². The molecule has 112 valence electrons. The first-order valence-electron chi connectivity index (χ1n) is 6.47. The molecule has 5 nitrogen and oxygen atoms in total. The molecule has 0 radical (unpaired) electrons. The van der Waals surface area contributed by atoms with Gasteiger partial charge in [-0.05, 0) is 25.5 Å². The Balaban J connectivity index is 1.98. The summed E-state index contributed by atoms with van der Waals surface area (Å²) in [7, 11) is 0. The van der Waals surface area contributed by atoms with Crippen molar-refractivity contribution in [3.8, 4) is 5.75 Å². The third-order valence-corrected chi connectivity index (χ3v) is 2.95. The fourth-order valence-corrected chi connectivity index (χ4v) is 1.78. The molecule has 0 heterocycles. The average molecular weight is 393 g/mol. The molecule has 1 N–H and O–H groups in total. The Kier molecular flexibility index (Phi) is 9.35. The molecule has 0 bridgehead atoms. The molecular weight excluding hydrogens is 373 g/mol. The summed E-state index contributed by atoms with van der Waals surface area (Å²) in [6, 6.07) is 7.75. The van der Waals surface area contributed by atoms with E-state index in [-0.39, 0.29) is 12.4 Å². The van der Waals surface area contributed by atoms with Crippen LogP contribution in [0.1, 0.15) is 13.3 Å². The molecule has 1 aromatic rings. The first-order valence-corrected chi connectivity index (χ1v) is 7.54. The number of hydrogen-bond acceptors (Lipinski definition) is 5. The van der Waals surface area contributed by atoms with E-state index in [1.807, 2.05) is 24.3 Å². The summed E-state index contributed by atoms with van der Waals surface area (Å²) in [6.07, 6.45) is 0.779. The summed E-state index contributed by atoms with van der Waals surface area (Å²) in [6.45, 7) is 3.90. The maximum atomic E-state index is 10.6. The van der Waals surface area contributed by atoms with Crippen molar-refractivity contribution in [3.05, 3.63) is 24.3 Å². The third kappa shape index (κ3) is 8.34. The minimum absolute atomic E-state index is 0.0440. The first kappa shape index (κ1) is 17.2. The molecule has 0 aliphatic carbocycles. The Morgan fingerprint density at radius 2 is 2.00 bits per heavy atom. The number of anilines is 1. The molecular formula is C14H20INO4. The Bertz CT molecular complexity index is 401. The molecule has 0 amide bonds. The number of carbonyl (C=O) groups is 1. The van der Waals surface area contributed by atoms with E-state index < -0.39 is 0 Å². The maximum Gasteiger partial charge on any atom is 0.155 e. The number of ketones is 1. The van der Waals surface area contributed by atoms with Gasteiger partial charge in [-0.25, -0.2) is 0 Å². The standard InChI is InChI=1S/C14H20INO4/c1-12(17)11-19-7-3-6-18-8-9-20-14-5-2-4-13(10-14)16-15/h2,4-5,10,16H,3,6-9,11H2,1H3. The lowest BCUT2D eigenvalue weighted by molar-refractivity contribution is -0.121. The summed E-state index contributed by atoms with van der Waals surface area (Å²) < 4.78 is 19.1. The van der Waals surface area contributed by atoms with Crippen molar-refractivity contribution in [1.29, 1.82) is 0 Å². The van der Waals surface area contributed by atoms with Gasteiger partial charge in [0.05, 0.1) is 29.5 Å². The van der Waals surface area contributed by atoms with Crippen LogP contribution in [0.5, 0.6) is 5.75 Å². The van der Waals surface area contributed by atoms with Crippen molar-refractivity contribution in [3.63, 3.8) is 0 Å². The van der Waals surface area contributed by atoms with E-state index in [1.165, 1.54) is 6.92 Å². The van der Waals surface area contributed by atoms with E-state index in [0.29, 0.717) is 26.4 Å². The van der Waals surface area contributed by atoms with Crippen LogP contribution in [0.2, 0.25) is 0 Å². The highest BCUT2D eigenvalue weighted by Gasteiger charge is 1.97. The van der Waals surface area contributed by atoms with Crippen LogP contribution in [0.25, 0.3) is 0 Å². The van der Waals surface area contributed by atoms with Crippen LogP contribution in [0, 0.1) is 0 Å². The number of ether oxygens (including phenoxy) is 3. The van der Waals surface area contributed by atoms with E-state index in [1.54, 1.807) is 0 Å². The SMILES string of the molecule is CC(=O)COCCCOCCOc1cccc(NI)c1. The predicted octanol–water partition coefficient (Wildman–Crippen LogP) is 2.84. The molecule has 6 heteroatoms. The monoisotopic (exact) mass is 393 g/mol. The zero-order valence-corrected chi connectivity index (χ0v) is 13.7. The van der Waals surface area contributed by atoms with Crippen molar-refractivity contribution in [2.24, 2.45) is 0 Å². The van der Waals surface area contributed by atoms with Gasteiger partial charge in [0.15, 0.2) is 5.78 Å².